The van der Waals surface area contributed by atoms with Crippen molar-refractivity contribution in [3.05, 3.63) is 65.7 Å². The first-order valence-electron chi connectivity index (χ1n) is 13.2. The van der Waals surface area contributed by atoms with Crippen LogP contribution in [0.25, 0.3) is 16.7 Å². The van der Waals surface area contributed by atoms with Gasteiger partial charge < -0.3 is 0 Å². The van der Waals surface area contributed by atoms with Gasteiger partial charge in [0.25, 0.3) is 0 Å². The fourth-order valence-corrected chi connectivity index (χ4v) is 5.92. The van der Waals surface area contributed by atoms with Crippen molar-refractivity contribution in [1.82, 2.24) is 0 Å². The second-order valence-corrected chi connectivity index (χ2v) is 10.2. The van der Waals surface area contributed by atoms with Gasteiger partial charge in [0.1, 0.15) is 0 Å². The highest BCUT2D eigenvalue weighted by Crippen LogP contribution is 2.38. The van der Waals surface area contributed by atoms with Crippen LogP contribution in [0.5, 0.6) is 0 Å². The fraction of sp³-hybridized carbons (Fsp3) is 0.548. The Labute approximate surface area is 191 Å². The Morgan fingerprint density at radius 2 is 1.29 bits per heavy atom. The highest BCUT2D eigenvalue weighted by Gasteiger charge is 2.21. The molecule has 1 unspecified atom stereocenters. The zero-order chi connectivity index (χ0) is 21.5. The van der Waals surface area contributed by atoms with Crippen LogP contribution in [-0.2, 0) is 0 Å². The number of rotatable bonds is 8. The molecule has 166 valence electrons. The first-order valence-corrected chi connectivity index (χ1v) is 13.2. The summed E-state index contributed by atoms with van der Waals surface area (Å²) in [6.45, 7) is 4.63. The summed E-state index contributed by atoms with van der Waals surface area (Å²) in [4.78, 5) is 0. The molecule has 2 aromatic rings. The second-order valence-electron chi connectivity index (χ2n) is 10.2. The van der Waals surface area contributed by atoms with Crippen molar-refractivity contribution in [2.75, 3.05) is 0 Å². The van der Waals surface area contributed by atoms with E-state index in [1.54, 1.807) is 11.1 Å². The van der Waals surface area contributed by atoms with Crippen LogP contribution < -0.4 is 0 Å². The molecule has 2 aromatic carbocycles. The van der Waals surface area contributed by atoms with E-state index >= 15 is 0 Å². The molecule has 0 N–H and O–H groups in total. The van der Waals surface area contributed by atoms with Crippen LogP contribution in [0.2, 0.25) is 0 Å². The second kappa shape index (κ2) is 11.2. The molecule has 1 fully saturated rings. The molecule has 0 spiro atoms. The van der Waals surface area contributed by atoms with Gasteiger partial charge in [-0.3, -0.25) is 0 Å². The molecule has 0 heteroatoms. The summed E-state index contributed by atoms with van der Waals surface area (Å²) in [5, 5.41) is 0. The van der Waals surface area contributed by atoms with Crippen LogP contribution in [-0.4, -0.2) is 0 Å². The highest BCUT2D eigenvalue weighted by atomic mass is 14.3. The average molecular weight is 415 g/mol. The molecule has 2 aliphatic carbocycles. The van der Waals surface area contributed by atoms with Crippen molar-refractivity contribution in [2.45, 2.75) is 96.8 Å². The Bertz CT molecular complexity index is 815. The summed E-state index contributed by atoms with van der Waals surface area (Å²) in [5.41, 5.74) is 7.25. The molecule has 1 atom stereocenters. The Morgan fingerprint density at radius 3 is 1.87 bits per heavy atom. The number of hydrogen-bond acceptors (Lipinski definition) is 0. The van der Waals surface area contributed by atoms with Crippen LogP contribution in [0.15, 0.2) is 54.6 Å². The molecular formula is C31H42. The summed E-state index contributed by atoms with van der Waals surface area (Å²) in [6, 6.07) is 18.8. The lowest BCUT2D eigenvalue weighted by Gasteiger charge is -2.28. The van der Waals surface area contributed by atoms with Gasteiger partial charge in [-0.1, -0.05) is 101 Å². The molecule has 2 aliphatic rings. The summed E-state index contributed by atoms with van der Waals surface area (Å²) >= 11 is 0. The third kappa shape index (κ3) is 5.91. The first kappa shape index (κ1) is 22.4. The largest absolute Gasteiger partial charge is 0.0804 e. The molecule has 0 saturated heterocycles. The Balaban J connectivity index is 1.35. The maximum Gasteiger partial charge on any atom is -0.0162 e. The first-order chi connectivity index (χ1) is 15.3. The van der Waals surface area contributed by atoms with Gasteiger partial charge in [0, 0.05) is 0 Å². The van der Waals surface area contributed by atoms with Crippen LogP contribution in [0.1, 0.15) is 108 Å². The van der Waals surface area contributed by atoms with Crippen molar-refractivity contribution < 1.29 is 0 Å². The smallest absolute Gasteiger partial charge is 0.0162 e. The topological polar surface area (TPSA) is 0 Å². The Morgan fingerprint density at radius 1 is 0.645 bits per heavy atom. The van der Waals surface area contributed by atoms with Gasteiger partial charge in [-0.15, -0.1) is 0 Å². The zero-order valence-electron chi connectivity index (χ0n) is 19.9. The van der Waals surface area contributed by atoms with Gasteiger partial charge in [0.2, 0.25) is 0 Å². The van der Waals surface area contributed by atoms with Gasteiger partial charge in [-0.25, -0.2) is 0 Å². The molecule has 0 bridgehead atoms. The van der Waals surface area contributed by atoms with Crippen molar-refractivity contribution in [3.63, 3.8) is 0 Å². The standard InChI is InChI=1S/C31H42/c1-3-5-7-25-10-14-27(15-11-25)29-18-22-31(23-19-29)30-20-16-28(17-21-30)26-12-8-24(6-4-2)9-13-26/h14,16-26H,3-13,15H2,1-2H3/t24-,25?,26-. The number of allylic oxidation sites excluding steroid dienone is 2. The fourth-order valence-electron chi connectivity index (χ4n) is 5.92. The molecule has 31 heavy (non-hydrogen) atoms. The Kier molecular flexibility index (Phi) is 8.06. The third-order valence-electron chi connectivity index (χ3n) is 8.00. The minimum Gasteiger partial charge on any atom is -0.0804 e. The normalized spacial score (nSPS) is 24.1. The van der Waals surface area contributed by atoms with Gasteiger partial charge in [0.15, 0.2) is 0 Å². The molecule has 4 rings (SSSR count). The predicted octanol–water partition coefficient (Wildman–Crippen LogP) is 9.80. The van der Waals surface area contributed by atoms with Gasteiger partial charge in [-0.05, 0) is 90.5 Å². The van der Waals surface area contributed by atoms with Crippen molar-refractivity contribution >= 4 is 5.57 Å². The Hall–Kier alpha value is -1.82. The molecular weight excluding hydrogens is 372 g/mol. The van der Waals surface area contributed by atoms with Gasteiger partial charge >= 0.3 is 0 Å². The molecule has 0 heterocycles. The van der Waals surface area contributed by atoms with Crippen LogP contribution in [0.4, 0.5) is 0 Å². The van der Waals surface area contributed by atoms with E-state index in [4.69, 9.17) is 0 Å². The molecule has 0 nitrogen and oxygen atoms in total. The quantitative estimate of drug-likeness (QED) is 0.403. The number of benzene rings is 2. The minimum absolute atomic E-state index is 0.781. The molecule has 0 aromatic heterocycles. The predicted molar refractivity (Wildman–Crippen MR) is 136 cm³/mol. The number of unbranched alkanes of at least 4 members (excludes halogenated alkanes) is 1. The highest BCUT2D eigenvalue weighted by molar-refractivity contribution is 5.71. The monoisotopic (exact) mass is 414 g/mol. The van der Waals surface area contributed by atoms with E-state index in [0.29, 0.717) is 0 Å². The van der Waals surface area contributed by atoms with E-state index in [1.165, 1.54) is 93.7 Å². The summed E-state index contributed by atoms with van der Waals surface area (Å²) < 4.78 is 0. The maximum absolute atomic E-state index is 2.52. The van der Waals surface area contributed by atoms with E-state index in [1.807, 2.05) is 0 Å². The minimum atomic E-state index is 0.781. The molecule has 0 radical (unpaired) electrons. The van der Waals surface area contributed by atoms with Crippen molar-refractivity contribution in [2.24, 2.45) is 11.8 Å². The lowest BCUT2D eigenvalue weighted by atomic mass is 9.77. The van der Waals surface area contributed by atoms with E-state index in [9.17, 15) is 0 Å². The molecule has 0 amide bonds. The van der Waals surface area contributed by atoms with Crippen LogP contribution in [0, 0.1) is 11.8 Å². The van der Waals surface area contributed by atoms with E-state index in [-0.39, 0.29) is 0 Å². The van der Waals surface area contributed by atoms with Crippen molar-refractivity contribution in [1.29, 1.82) is 0 Å². The summed E-state index contributed by atoms with van der Waals surface area (Å²) in [5.74, 6) is 2.69. The van der Waals surface area contributed by atoms with E-state index in [0.717, 1.165) is 17.8 Å². The zero-order valence-corrected chi connectivity index (χ0v) is 19.9. The summed E-state index contributed by atoms with van der Waals surface area (Å²) in [6.07, 6.45) is 18.9. The van der Waals surface area contributed by atoms with Crippen LogP contribution in [0.3, 0.4) is 0 Å². The summed E-state index contributed by atoms with van der Waals surface area (Å²) in [7, 11) is 0. The van der Waals surface area contributed by atoms with Gasteiger partial charge in [0.05, 0.1) is 0 Å². The SMILES string of the molecule is CCCCC1CC=C(c2ccc(-c3ccc([C@H]4CC[C@H](CCC)CC4)cc3)cc2)CC1. The third-order valence-corrected chi connectivity index (χ3v) is 8.00. The maximum atomic E-state index is 2.52. The van der Waals surface area contributed by atoms with Gasteiger partial charge in [-0.2, -0.15) is 0 Å². The van der Waals surface area contributed by atoms with Crippen LogP contribution >= 0.6 is 0 Å². The lowest BCUT2D eigenvalue weighted by Crippen LogP contribution is -2.13. The van der Waals surface area contributed by atoms with E-state index < -0.39 is 0 Å². The molecule has 0 aliphatic heterocycles. The van der Waals surface area contributed by atoms with E-state index in [2.05, 4.69) is 68.5 Å². The molecule has 1 saturated carbocycles. The average Bonchev–Trinajstić information content (AvgIpc) is 2.84. The number of hydrogen-bond donors (Lipinski definition) is 0. The lowest BCUT2D eigenvalue weighted by molar-refractivity contribution is 0.308. The van der Waals surface area contributed by atoms with Crippen molar-refractivity contribution in [3.8, 4) is 11.1 Å².